The molecule has 3 heterocycles. The van der Waals surface area contributed by atoms with E-state index in [4.69, 9.17) is 0 Å². The van der Waals surface area contributed by atoms with Gasteiger partial charge in [-0.05, 0) is 31.0 Å². The number of carbonyl (C=O) groups is 1. The standard InChI is InChI=1S/C19H19FN6O/c20-15-3-1-2-14(10-15)19(27)25-8-6-24(7-9-25)16-11-17-22-23-18(13-4-5-13)26(17)21-12-16/h1-3,10-13H,4-9H2. The van der Waals surface area contributed by atoms with Crippen LogP contribution < -0.4 is 4.90 Å². The lowest BCUT2D eigenvalue weighted by atomic mass is 10.1. The van der Waals surface area contributed by atoms with Gasteiger partial charge in [0.2, 0.25) is 0 Å². The molecule has 2 aromatic heterocycles. The predicted molar refractivity (Wildman–Crippen MR) is 97.3 cm³/mol. The largest absolute Gasteiger partial charge is 0.367 e. The van der Waals surface area contributed by atoms with E-state index in [1.165, 1.54) is 12.1 Å². The summed E-state index contributed by atoms with van der Waals surface area (Å²) < 4.78 is 15.2. The number of hydrogen-bond acceptors (Lipinski definition) is 5. The zero-order chi connectivity index (χ0) is 18.4. The molecule has 1 aliphatic carbocycles. The Balaban J connectivity index is 1.29. The molecular formula is C19H19FN6O. The molecule has 0 atom stereocenters. The van der Waals surface area contributed by atoms with Crippen LogP contribution in [-0.4, -0.2) is 56.8 Å². The minimum Gasteiger partial charge on any atom is -0.367 e. The fraction of sp³-hybridized carbons (Fsp3) is 0.368. The normalized spacial score (nSPS) is 17.5. The van der Waals surface area contributed by atoms with Gasteiger partial charge in [-0.1, -0.05) is 6.07 Å². The lowest BCUT2D eigenvalue weighted by molar-refractivity contribution is 0.0746. The summed E-state index contributed by atoms with van der Waals surface area (Å²) in [6.45, 7) is 2.56. The van der Waals surface area contributed by atoms with Crippen LogP contribution >= 0.6 is 0 Å². The second-order valence-electron chi connectivity index (χ2n) is 7.11. The number of amides is 1. The first-order valence-electron chi connectivity index (χ1n) is 9.20. The van der Waals surface area contributed by atoms with E-state index < -0.39 is 5.82 Å². The predicted octanol–water partition coefficient (Wildman–Crippen LogP) is 2.10. The van der Waals surface area contributed by atoms with Gasteiger partial charge in [0.1, 0.15) is 5.82 Å². The zero-order valence-corrected chi connectivity index (χ0v) is 14.8. The van der Waals surface area contributed by atoms with Gasteiger partial charge < -0.3 is 9.80 Å². The summed E-state index contributed by atoms with van der Waals surface area (Å²) in [5.74, 6) is 0.921. The average Bonchev–Trinajstić information content (AvgIpc) is 3.46. The number of fused-ring (bicyclic) bond motifs is 1. The van der Waals surface area contributed by atoms with Crippen molar-refractivity contribution in [2.24, 2.45) is 0 Å². The number of benzene rings is 1. The van der Waals surface area contributed by atoms with Crippen LogP contribution in [0.1, 0.15) is 34.9 Å². The second-order valence-corrected chi connectivity index (χ2v) is 7.11. The lowest BCUT2D eigenvalue weighted by Gasteiger charge is -2.36. The molecule has 27 heavy (non-hydrogen) atoms. The van der Waals surface area contributed by atoms with E-state index in [0.717, 1.165) is 30.0 Å². The highest BCUT2D eigenvalue weighted by atomic mass is 19.1. The number of halogens is 1. The van der Waals surface area contributed by atoms with Crippen LogP contribution in [0, 0.1) is 5.82 Å². The Hall–Kier alpha value is -3.03. The molecule has 7 nitrogen and oxygen atoms in total. The Morgan fingerprint density at radius 2 is 1.89 bits per heavy atom. The Kier molecular flexibility index (Phi) is 3.77. The molecule has 5 rings (SSSR count). The van der Waals surface area contributed by atoms with Crippen LogP contribution in [0.3, 0.4) is 0 Å². The molecule has 2 aliphatic rings. The van der Waals surface area contributed by atoms with Crippen LogP contribution in [0.4, 0.5) is 10.1 Å². The van der Waals surface area contributed by atoms with Crippen molar-refractivity contribution in [3.8, 4) is 0 Å². The molecular weight excluding hydrogens is 347 g/mol. The molecule has 0 radical (unpaired) electrons. The van der Waals surface area contributed by atoms with Crippen LogP contribution in [0.5, 0.6) is 0 Å². The molecule has 0 unspecified atom stereocenters. The van der Waals surface area contributed by atoms with Gasteiger partial charge in [-0.25, -0.2) is 4.39 Å². The molecule has 1 amide bonds. The SMILES string of the molecule is O=C(c1cccc(F)c1)N1CCN(c2cnn3c(C4CC4)nnc3c2)CC1. The number of anilines is 1. The summed E-state index contributed by atoms with van der Waals surface area (Å²) >= 11 is 0. The number of rotatable bonds is 3. The van der Waals surface area contributed by atoms with Crippen LogP contribution in [-0.2, 0) is 0 Å². The lowest BCUT2D eigenvalue weighted by Crippen LogP contribution is -2.48. The Morgan fingerprint density at radius 1 is 1.07 bits per heavy atom. The van der Waals surface area contributed by atoms with E-state index in [-0.39, 0.29) is 5.91 Å². The van der Waals surface area contributed by atoms with Gasteiger partial charge in [0.25, 0.3) is 5.91 Å². The minimum atomic E-state index is -0.391. The Labute approximate surface area is 155 Å². The first kappa shape index (κ1) is 16.2. The van der Waals surface area contributed by atoms with E-state index in [0.29, 0.717) is 37.7 Å². The van der Waals surface area contributed by atoms with Crippen LogP contribution in [0.15, 0.2) is 36.5 Å². The quantitative estimate of drug-likeness (QED) is 0.710. The van der Waals surface area contributed by atoms with Crippen molar-refractivity contribution < 1.29 is 9.18 Å². The summed E-state index contributed by atoms with van der Waals surface area (Å²) in [7, 11) is 0. The van der Waals surface area contributed by atoms with Gasteiger partial charge in [-0.3, -0.25) is 4.79 Å². The molecule has 1 aromatic carbocycles. The summed E-state index contributed by atoms with van der Waals surface area (Å²) in [6, 6.07) is 7.84. The fourth-order valence-electron chi connectivity index (χ4n) is 3.54. The second kappa shape index (κ2) is 6.29. The minimum absolute atomic E-state index is 0.130. The molecule has 0 N–H and O–H groups in total. The van der Waals surface area contributed by atoms with Crippen LogP contribution in [0.25, 0.3) is 5.65 Å². The molecule has 8 heteroatoms. The number of carbonyl (C=O) groups excluding carboxylic acids is 1. The average molecular weight is 366 g/mol. The number of piperazine rings is 1. The van der Waals surface area contributed by atoms with Crippen molar-refractivity contribution in [2.75, 3.05) is 31.1 Å². The van der Waals surface area contributed by atoms with E-state index in [2.05, 4.69) is 20.2 Å². The van der Waals surface area contributed by atoms with E-state index in [9.17, 15) is 9.18 Å². The summed E-state index contributed by atoms with van der Waals surface area (Å²) in [5.41, 5.74) is 2.13. The van der Waals surface area contributed by atoms with Gasteiger partial charge >= 0.3 is 0 Å². The van der Waals surface area contributed by atoms with E-state index in [1.807, 2.05) is 16.8 Å². The van der Waals surface area contributed by atoms with Crippen molar-refractivity contribution in [2.45, 2.75) is 18.8 Å². The fourth-order valence-corrected chi connectivity index (χ4v) is 3.54. The first-order chi connectivity index (χ1) is 13.2. The van der Waals surface area contributed by atoms with Crippen molar-refractivity contribution >= 4 is 17.2 Å². The summed E-state index contributed by atoms with van der Waals surface area (Å²) in [5, 5.41) is 13.0. The molecule has 1 aliphatic heterocycles. The monoisotopic (exact) mass is 366 g/mol. The van der Waals surface area contributed by atoms with E-state index >= 15 is 0 Å². The molecule has 1 saturated heterocycles. The number of nitrogens with zero attached hydrogens (tertiary/aromatic N) is 6. The Bertz CT molecular complexity index is 1010. The summed E-state index contributed by atoms with van der Waals surface area (Å²) in [4.78, 5) is 16.5. The maximum atomic E-state index is 13.4. The third-order valence-electron chi connectivity index (χ3n) is 5.22. The summed E-state index contributed by atoms with van der Waals surface area (Å²) in [6.07, 6.45) is 4.16. The highest BCUT2D eigenvalue weighted by Gasteiger charge is 2.29. The van der Waals surface area contributed by atoms with Gasteiger partial charge in [-0.15, -0.1) is 10.2 Å². The molecule has 3 aromatic rings. The van der Waals surface area contributed by atoms with Crippen LogP contribution in [0.2, 0.25) is 0 Å². The topological polar surface area (TPSA) is 66.6 Å². The molecule has 0 bridgehead atoms. The number of hydrogen-bond donors (Lipinski definition) is 0. The first-order valence-corrected chi connectivity index (χ1v) is 9.20. The van der Waals surface area contributed by atoms with Crippen molar-refractivity contribution in [1.29, 1.82) is 0 Å². The maximum Gasteiger partial charge on any atom is 0.254 e. The smallest absolute Gasteiger partial charge is 0.254 e. The van der Waals surface area contributed by atoms with Gasteiger partial charge in [0.15, 0.2) is 11.5 Å². The van der Waals surface area contributed by atoms with Crippen molar-refractivity contribution in [1.82, 2.24) is 24.7 Å². The van der Waals surface area contributed by atoms with Crippen molar-refractivity contribution in [3.63, 3.8) is 0 Å². The van der Waals surface area contributed by atoms with Gasteiger partial charge in [0.05, 0.1) is 11.9 Å². The third kappa shape index (κ3) is 3.01. The van der Waals surface area contributed by atoms with Gasteiger partial charge in [0, 0.05) is 43.7 Å². The van der Waals surface area contributed by atoms with Crippen molar-refractivity contribution in [3.05, 3.63) is 53.7 Å². The molecule has 0 spiro atoms. The number of aromatic nitrogens is 4. The zero-order valence-electron chi connectivity index (χ0n) is 14.8. The molecule has 138 valence electrons. The Morgan fingerprint density at radius 3 is 2.63 bits per heavy atom. The van der Waals surface area contributed by atoms with Gasteiger partial charge in [-0.2, -0.15) is 9.61 Å². The highest BCUT2D eigenvalue weighted by molar-refractivity contribution is 5.94. The van der Waals surface area contributed by atoms with E-state index in [1.54, 1.807) is 17.0 Å². The highest BCUT2D eigenvalue weighted by Crippen LogP contribution is 2.38. The maximum absolute atomic E-state index is 13.4. The third-order valence-corrected chi connectivity index (χ3v) is 5.22. The molecule has 1 saturated carbocycles. The molecule has 2 fully saturated rings.